The highest BCUT2D eigenvalue weighted by Gasteiger charge is 2.32. The predicted octanol–water partition coefficient (Wildman–Crippen LogP) is 3.66. The highest BCUT2D eigenvalue weighted by atomic mass is 79.9. The van der Waals surface area contributed by atoms with Gasteiger partial charge >= 0.3 is 0 Å². The van der Waals surface area contributed by atoms with Gasteiger partial charge in [0.25, 0.3) is 0 Å². The molecular formula is C13H15BrN2. The van der Waals surface area contributed by atoms with Gasteiger partial charge in [0.05, 0.1) is 11.1 Å². The summed E-state index contributed by atoms with van der Waals surface area (Å²) < 4.78 is 1.11. The number of benzene rings is 1. The second kappa shape index (κ2) is 3.60. The first kappa shape index (κ1) is 10.4. The van der Waals surface area contributed by atoms with Gasteiger partial charge in [-0.15, -0.1) is 0 Å². The van der Waals surface area contributed by atoms with Crippen LogP contribution in [0.15, 0.2) is 28.7 Å². The van der Waals surface area contributed by atoms with Crippen molar-refractivity contribution < 1.29 is 0 Å². The maximum absolute atomic E-state index is 6.45. The number of fused-ring (bicyclic) bond motifs is 1. The summed E-state index contributed by atoms with van der Waals surface area (Å²) in [4.78, 5) is 3.47. The number of para-hydroxylation sites is 1. The smallest absolute Gasteiger partial charge is 0.0601 e. The lowest BCUT2D eigenvalue weighted by Crippen LogP contribution is -2.33. The average Bonchev–Trinajstić information content (AvgIpc) is 2.85. The van der Waals surface area contributed by atoms with Gasteiger partial charge in [0.2, 0.25) is 0 Å². The molecule has 2 aromatic rings. The van der Waals surface area contributed by atoms with Gasteiger partial charge in [0.1, 0.15) is 0 Å². The Morgan fingerprint density at radius 3 is 2.69 bits per heavy atom. The first-order valence-corrected chi connectivity index (χ1v) is 6.55. The van der Waals surface area contributed by atoms with E-state index < -0.39 is 0 Å². The van der Waals surface area contributed by atoms with Crippen molar-refractivity contribution in [3.8, 4) is 0 Å². The van der Waals surface area contributed by atoms with Crippen LogP contribution in [0.2, 0.25) is 0 Å². The summed E-state index contributed by atoms with van der Waals surface area (Å²) in [5, 5.41) is 1.24. The molecule has 1 aromatic carbocycles. The van der Waals surface area contributed by atoms with Crippen molar-refractivity contribution in [1.82, 2.24) is 4.98 Å². The third-order valence-electron chi connectivity index (χ3n) is 3.64. The van der Waals surface area contributed by atoms with E-state index >= 15 is 0 Å². The zero-order valence-corrected chi connectivity index (χ0v) is 10.7. The molecule has 0 unspecified atom stereocenters. The number of hydrogen-bond donors (Lipinski definition) is 2. The van der Waals surface area contributed by atoms with Crippen LogP contribution >= 0.6 is 15.9 Å². The summed E-state index contributed by atoms with van der Waals surface area (Å²) >= 11 is 3.56. The zero-order valence-electron chi connectivity index (χ0n) is 9.09. The molecule has 2 nitrogen and oxygen atoms in total. The molecule has 1 heterocycles. The Kier molecular flexibility index (Phi) is 2.33. The second-order valence-electron chi connectivity index (χ2n) is 4.75. The van der Waals surface area contributed by atoms with Gasteiger partial charge in [0.15, 0.2) is 0 Å². The molecule has 1 aliphatic carbocycles. The highest BCUT2D eigenvalue weighted by molar-refractivity contribution is 9.10. The molecule has 0 bridgehead atoms. The molecule has 1 fully saturated rings. The minimum absolute atomic E-state index is 0.127. The minimum Gasteiger partial charge on any atom is -0.356 e. The van der Waals surface area contributed by atoms with E-state index in [9.17, 15) is 0 Å². The van der Waals surface area contributed by atoms with Crippen LogP contribution in [0.25, 0.3) is 10.9 Å². The van der Waals surface area contributed by atoms with E-state index in [1.165, 1.54) is 23.9 Å². The van der Waals surface area contributed by atoms with Gasteiger partial charge in [-0.3, -0.25) is 0 Å². The van der Waals surface area contributed by atoms with Crippen molar-refractivity contribution in [2.75, 3.05) is 0 Å². The number of rotatable bonds is 1. The zero-order chi connectivity index (χ0) is 11.2. The molecule has 3 rings (SSSR count). The lowest BCUT2D eigenvalue weighted by Gasteiger charge is -2.21. The number of aromatic amines is 1. The predicted molar refractivity (Wildman–Crippen MR) is 70.3 cm³/mol. The Bertz CT molecular complexity index is 524. The molecule has 1 saturated carbocycles. The van der Waals surface area contributed by atoms with Crippen molar-refractivity contribution in [2.24, 2.45) is 5.73 Å². The summed E-state index contributed by atoms with van der Waals surface area (Å²) in [6, 6.07) is 8.44. The van der Waals surface area contributed by atoms with Crippen LogP contribution in [-0.4, -0.2) is 4.98 Å². The summed E-state index contributed by atoms with van der Waals surface area (Å²) in [7, 11) is 0. The molecule has 0 amide bonds. The van der Waals surface area contributed by atoms with E-state index in [1.807, 2.05) is 0 Å². The van der Waals surface area contributed by atoms with Gasteiger partial charge in [-0.2, -0.15) is 0 Å². The summed E-state index contributed by atoms with van der Waals surface area (Å²) in [5.74, 6) is 0. The van der Waals surface area contributed by atoms with Crippen LogP contribution in [0.1, 0.15) is 31.4 Å². The SMILES string of the molecule is NC1(c2cc3cccc(Br)c3[nH]2)CCCC1. The minimum atomic E-state index is -0.127. The number of hydrogen-bond acceptors (Lipinski definition) is 1. The fourth-order valence-electron chi connectivity index (χ4n) is 2.66. The molecule has 1 aromatic heterocycles. The van der Waals surface area contributed by atoms with E-state index in [4.69, 9.17) is 5.73 Å². The van der Waals surface area contributed by atoms with E-state index in [0.29, 0.717) is 0 Å². The maximum Gasteiger partial charge on any atom is 0.0601 e. The highest BCUT2D eigenvalue weighted by Crippen LogP contribution is 2.37. The lowest BCUT2D eigenvalue weighted by atomic mass is 9.95. The number of halogens is 1. The second-order valence-corrected chi connectivity index (χ2v) is 5.60. The Morgan fingerprint density at radius 2 is 2.00 bits per heavy atom. The van der Waals surface area contributed by atoms with Crippen molar-refractivity contribution in [1.29, 1.82) is 0 Å². The molecule has 0 aliphatic heterocycles. The monoisotopic (exact) mass is 278 g/mol. The normalized spacial score (nSPS) is 19.4. The molecule has 1 aliphatic rings. The van der Waals surface area contributed by atoms with Gasteiger partial charge < -0.3 is 10.7 Å². The Morgan fingerprint density at radius 1 is 1.25 bits per heavy atom. The Labute approximate surface area is 103 Å². The first-order chi connectivity index (χ1) is 7.69. The van der Waals surface area contributed by atoms with Gasteiger partial charge in [-0.05, 0) is 40.9 Å². The van der Waals surface area contributed by atoms with Gasteiger partial charge in [0, 0.05) is 15.6 Å². The topological polar surface area (TPSA) is 41.8 Å². The fraction of sp³-hybridized carbons (Fsp3) is 0.385. The van der Waals surface area contributed by atoms with Crippen LogP contribution in [0.5, 0.6) is 0 Å². The van der Waals surface area contributed by atoms with Crippen LogP contribution in [0.4, 0.5) is 0 Å². The molecule has 0 atom stereocenters. The number of nitrogens with one attached hydrogen (secondary N) is 1. The summed E-state index contributed by atoms with van der Waals surface area (Å²) in [6.07, 6.45) is 4.68. The average molecular weight is 279 g/mol. The Balaban J connectivity index is 2.15. The van der Waals surface area contributed by atoms with Crippen molar-refractivity contribution in [3.63, 3.8) is 0 Å². The Hall–Kier alpha value is -0.800. The van der Waals surface area contributed by atoms with Crippen molar-refractivity contribution >= 4 is 26.8 Å². The molecule has 3 heteroatoms. The van der Waals surface area contributed by atoms with Crippen molar-refractivity contribution in [3.05, 3.63) is 34.4 Å². The largest absolute Gasteiger partial charge is 0.356 e. The standard InChI is InChI=1S/C13H15BrN2/c14-10-5-3-4-9-8-11(16-12(9)10)13(15)6-1-2-7-13/h3-5,8,16H,1-2,6-7,15H2. The molecule has 0 saturated heterocycles. The van der Waals surface area contributed by atoms with Gasteiger partial charge in [-0.25, -0.2) is 0 Å². The quantitative estimate of drug-likeness (QED) is 0.821. The van der Waals surface area contributed by atoms with E-state index in [2.05, 4.69) is 45.2 Å². The molecule has 0 spiro atoms. The van der Waals surface area contributed by atoms with E-state index in [-0.39, 0.29) is 5.54 Å². The maximum atomic E-state index is 6.45. The lowest BCUT2D eigenvalue weighted by molar-refractivity contribution is 0.450. The third kappa shape index (κ3) is 1.50. The van der Waals surface area contributed by atoms with E-state index in [0.717, 1.165) is 22.8 Å². The van der Waals surface area contributed by atoms with Crippen LogP contribution in [-0.2, 0) is 5.54 Å². The van der Waals surface area contributed by atoms with Gasteiger partial charge in [-0.1, -0.05) is 25.0 Å². The van der Waals surface area contributed by atoms with Crippen molar-refractivity contribution in [2.45, 2.75) is 31.2 Å². The molecule has 0 radical (unpaired) electrons. The first-order valence-electron chi connectivity index (χ1n) is 5.76. The summed E-state index contributed by atoms with van der Waals surface area (Å²) in [6.45, 7) is 0. The van der Waals surface area contributed by atoms with Crippen LogP contribution in [0.3, 0.4) is 0 Å². The molecule has 84 valence electrons. The number of nitrogens with two attached hydrogens (primary N) is 1. The number of H-pyrrole nitrogens is 1. The fourth-order valence-corrected chi connectivity index (χ4v) is 3.14. The van der Waals surface area contributed by atoms with Crippen LogP contribution < -0.4 is 5.73 Å². The summed E-state index contributed by atoms with van der Waals surface area (Å²) in [5.41, 5.74) is 8.67. The molecule has 16 heavy (non-hydrogen) atoms. The van der Waals surface area contributed by atoms with E-state index in [1.54, 1.807) is 0 Å². The third-order valence-corrected chi connectivity index (χ3v) is 4.30. The van der Waals surface area contributed by atoms with Crippen LogP contribution in [0, 0.1) is 0 Å². The molecular weight excluding hydrogens is 264 g/mol. The molecule has 3 N–H and O–H groups in total. The number of aromatic nitrogens is 1.